The predicted octanol–water partition coefficient (Wildman–Crippen LogP) is 7.53. The number of amides is 2. The molecular formula is C31H32N4O2. The van der Waals surface area contributed by atoms with Crippen LogP contribution in [0.1, 0.15) is 54.2 Å². The number of para-hydroxylation sites is 2. The molecule has 4 aromatic rings. The molecule has 1 aromatic heterocycles. The molecule has 0 fully saturated rings. The monoisotopic (exact) mass is 492 g/mol. The average molecular weight is 493 g/mol. The molecule has 0 saturated carbocycles. The summed E-state index contributed by atoms with van der Waals surface area (Å²) in [6.07, 6.45) is 0. The van der Waals surface area contributed by atoms with Crippen LogP contribution in [0.25, 0.3) is 16.0 Å². The highest BCUT2D eigenvalue weighted by Crippen LogP contribution is 2.32. The van der Waals surface area contributed by atoms with Gasteiger partial charge in [-0.25, -0.2) is 9.83 Å². The number of nitrogens with one attached hydrogen (secondary N) is 2. The Hall–Kier alpha value is -4.76. The number of pyridine rings is 1. The number of nitrogens with zero attached hydrogens (tertiary/aromatic N) is 2. The fourth-order valence-electron chi connectivity index (χ4n) is 3.41. The van der Waals surface area contributed by atoms with Crippen molar-refractivity contribution in [3.8, 4) is 11.1 Å². The molecule has 0 radical (unpaired) electrons. The van der Waals surface area contributed by atoms with Crippen molar-refractivity contribution in [2.45, 2.75) is 34.2 Å². The van der Waals surface area contributed by atoms with Crippen molar-refractivity contribution in [3.63, 3.8) is 0 Å². The third-order valence-electron chi connectivity index (χ3n) is 5.02. The summed E-state index contributed by atoms with van der Waals surface area (Å²) in [5, 5.41) is 5.63. The molecule has 2 N–H and O–H groups in total. The van der Waals surface area contributed by atoms with Crippen LogP contribution in [0.2, 0.25) is 0 Å². The summed E-state index contributed by atoms with van der Waals surface area (Å²) >= 11 is 0. The van der Waals surface area contributed by atoms with E-state index in [0.717, 1.165) is 16.7 Å². The Morgan fingerprint density at radius 1 is 0.703 bits per heavy atom. The normalized spacial score (nSPS) is 9.38. The largest absolute Gasteiger partial charge is 0.347 e. The van der Waals surface area contributed by atoms with Gasteiger partial charge in [0.15, 0.2) is 5.69 Å². The zero-order valence-corrected chi connectivity index (χ0v) is 21.7. The Kier molecular flexibility index (Phi) is 11.8. The van der Waals surface area contributed by atoms with E-state index in [9.17, 15) is 9.59 Å². The minimum absolute atomic E-state index is 0.148. The number of hydrogen-bond acceptors (Lipinski definition) is 3. The van der Waals surface area contributed by atoms with Crippen molar-refractivity contribution >= 4 is 23.2 Å². The molecule has 0 spiro atoms. The maximum atomic E-state index is 12.8. The van der Waals surface area contributed by atoms with Gasteiger partial charge in [0.25, 0.3) is 11.8 Å². The SMILES string of the molecule is CC.CC.[C-]#[N+]c1ccccc1-c1ccccc1CNC(=O)c1cccc(C(=O)Nc2ccccc2)n1. The maximum absolute atomic E-state index is 12.8. The first-order chi connectivity index (χ1) is 18.2. The number of aromatic nitrogens is 1. The van der Waals surface area contributed by atoms with Gasteiger partial charge in [0, 0.05) is 12.2 Å². The van der Waals surface area contributed by atoms with Crippen LogP contribution in [-0.2, 0) is 6.54 Å². The minimum Gasteiger partial charge on any atom is -0.347 e. The molecule has 0 bridgehead atoms. The lowest BCUT2D eigenvalue weighted by molar-refractivity contribution is 0.0945. The molecule has 0 aliphatic rings. The summed E-state index contributed by atoms with van der Waals surface area (Å²) < 4.78 is 0. The fraction of sp³-hybridized carbons (Fsp3) is 0.161. The van der Waals surface area contributed by atoms with Gasteiger partial charge < -0.3 is 10.6 Å². The molecule has 0 aliphatic heterocycles. The van der Waals surface area contributed by atoms with E-state index in [1.165, 1.54) is 0 Å². The summed E-state index contributed by atoms with van der Waals surface area (Å²) in [7, 11) is 0. The summed E-state index contributed by atoms with van der Waals surface area (Å²) in [6, 6.07) is 28.8. The summed E-state index contributed by atoms with van der Waals surface area (Å²) in [5.41, 5.74) is 4.07. The highest BCUT2D eigenvalue weighted by Gasteiger charge is 2.14. The molecule has 1 heterocycles. The van der Waals surface area contributed by atoms with E-state index < -0.39 is 11.8 Å². The topological polar surface area (TPSA) is 75.5 Å². The van der Waals surface area contributed by atoms with Gasteiger partial charge in [-0.15, -0.1) is 0 Å². The molecule has 3 aromatic carbocycles. The van der Waals surface area contributed by atoms with E-state index in [0.29, 0.717) is 11.4 Å². The smallest absolute Gasteiger partial charge is 0.274 e. The number of hydrogen-bond donors (Lipinski definition) is 2. The van der Waals surface area contributed by atoms with Crippen LogP contribution in [0.3, 0.4) is 0 Å². The predicted molar refractivity (Wildman–Crippen MR) is 151 cm³/mol. The Morgan fingerprint density at radius 3 is 1.95 bits per heavy atom. The third kappa shape index (κ3) is 7.87. The number of benzene rings is 3. The Bertz CT molecular complexity index is 1340. The van der Waals surface area contributed by atoms with Gasteiger partial charge in [-0.05, 0) is 41.0 Å². The Labute approximate surface area is 219 Å². The Balaban J connectivity index is 0.00000115. The van der Waals surface area contributed by atoms with Gasteiger partial charge in [0.05, 0.1) is 6.57 Å². The summed E-state index contributed by atoms with van der Waals surface area (Å²) in [4.78, 5) is 33.1. The van der Waals surface area contributed by atoms with Crippen LogP contribution >= 0.6 is 0 Å². The third-order valence-corrected chi connectivity index (χ3v) is 5.02. The lowest BCUT2D eigenvalue weighted by Gasteiger charge is -2.12. The molecule has 6 heteroatoms. The lowest BCUT2D eigenvalue weighted by atomic mass is 9.98. The van der Waals surface area contributed by atoms with Crippen LogP contribution in [0, 0.1) is 6.57 Å². The maximum Gasteiger partial charge on any atom is 0.274 e. The van der Waals surface area contributed by atoms with Crippen molar-refractivity contribution < 1.29 is 9.59 Å². The minimum atomic E-state index is -0.392. The first-order valence-corrected chi connectivity index (χ1v) is 12.3. The van der Waals surface area contributed by atoms with Gasteiger partial charge >= 0.3 is 0 Å². The zero-order valence-electron chi connectivity index (χ0n) is 21.7. The molecule has 0 saturated heterocycles. The second-order valence-electron chi connectivity index (χ2n) is 7.20. The number of carbonyl (C=O) groups is 2. The van der Waals surface area contributed by atoms with Gasteiger partial charge in [-0.2, -0.15) is 0 Å². The molecule has 2 amide bonds. The zero-order chi connectivity index (χ0) is 27.0. The van der Waals surface area contributed by atoms with Crippen LogP contribution in [0.15, 0.2) is 97.1 Å². The van der Waals surface area contributed by atoms with Crippen molar-refractivity contribution in [1.82, 2.24) is 10.3 Å². The van der Waals surface area contributed by atoms with Gasteiger partial charge in [0.2, 0.25) is 0 Å². The first-order valence-electron chi connectivity index (χ1n) is 12.3. The quantitative estimate of drug-likeness (QED) is 0.273. The molecule has 37 heavy (non-hydrogen) atoms. The van der Waals surface area contributed by atoms with Crippen LogP contribution < -0.4 is 10.6 Å². The molecule has 188 valence electrons. The van der Waals surface area contributed by atoms with E-state index in [1.54, 1.807) is 36.4 Å². The van der Waals surface area contributed by atoms with Gasteiger partial charge in [0.1, 0.15) is 11.4 Å². The van der Waals surface area contributed by atoms with E-state index in [2.05, 4.69) is 20.5 Å². The van der Waals surface area contributed by atoms with E-state index in [1.807, 2.05) is 88.4 Å². The fourth-order valence-corrected chi connectivity index (χ4v) is 3.41. The van der Waals surface area contributed by atoms with E-state index >= 15 is 0 Å². The molecule has 0 aliphatic carbocycles. The summed E-state index contributed by atoms with van der Waals surface area (Å²) in [5.74, 6) is -0.783. The number of carbonyl (C=O) groups excluding carboxylic acids is 2. The van der Waals surface area contributed by atoms with Crippen molar-refractivity contribution in [2.24, 2.45) is 0 Å². The number of anilines is 1. The Morgan fingerprint density at radius 2 is 1.27 bits per heavy atom. The molecular weight excluding hydrogens is 460 g/mol. The highest BCUT2D eigenvalue weighted by atomic mass is 16.2. The van der Waals surface area contributed by atoms with Gasteiger partial charge in [-0.1, -0.05) is 100 Å². The standard InChI is InChI=1S/C27H20N4O2.2C2H6/c1-28-23-15-8-7-14-22(23)21-13-6-5-10-19(21)18-29-26(32)24-16-9-17-25(31-24)27(33)30-20-11-3-2-4-12-20;2*1-2/h2-17H,18H2,(H,29,32)(H,30,33);2*1-2H3. The van der Waals surface area contributed by atoms with E-state index in [4.69, 9.17) is 6.57 Å². The molecule has 0 unspecified atom stereocenters. The van der Waals surface area contributed by atoms with Crippen LogP contribution in [0.5, 0.6) is 0 Å². The van der Waals surface area contributed by atoms with Crippen LogP contribution in [0.4, 0.5) is 11.4 Å². The average Bonchev–Trinajstić information content (AvgIpc) is 2.98. The second kappa shape index (κ2) is 15.3. The second-order valence-corrected chi connectivity index (χ2v) is 7.20. The molecule has 4 rings (SSSR count). The number of rotatable bonds is 6. The van der Waals surface area contributed by atoms with Crippen LogP contribution in [-0.4, -0.2) is 16.8 Å². The van der Waals surface area contributed by atoms with Crippen molar-refractivity contribution in [1.29, 1.82) is 0 Å². The van der Waals surface area contributed by atoms with E-state index in [-0.39, 0.29) is 17.9 Å². The summed E-state index contributed by atoms with van der Waals surface area (Å²) in [6.45, 7) is 15.7. The molecule has 0 atom stereocenters. The lowest BCUT2D eigenvalue weighted by Crippen LogP contribution is -2.25. The first kappa shape index (κ1) is 28.5. The van der Waals surface area contributed by atoms with Crippen molar-refractivity contribution in [3.05, 3.63) is 125 Å². The molecule has 6 nitrogen and oxygen atoms in total. The van der Waals surface area contributed by atoms with Crippen molar-refractivity contribution in [2.75, 3.05) is 5.32 Å². The van der Waals surface area contributed by atoms with Gasteiger partial charge in [-0.3, -0.25) is 9.59 Å². The highest BCUT2D eigenvalue weighted by molar-refractivity contribution is 6.03.